The molecule has 0 aliphatic carbocycles. The zero-order chi connectivity index (χ0) is 13.5. The lowest BCUT2D eigenvalue weighted by atomic mass is 10.2. The van der Waals surface area contributed by atoms with Crippen molar-refractivity contribution in [3.05, 3.63) is 46.7 Å². The Morgan fingerprint density at radius 1 is 1.33 bits per heavy atom. The van der Waals surface area contributed by atoms with Crippen LogP contribution in [-0.2, 0) is 9.53 Å². The van der Waals surface area contributed by atoms with Crippen LogP contribution in [-0.4, -0.2) is 38.3 Å². The summed E-state index contributed by atoms with van der Waals surface area (Å²) >= 11 is 5.78. The second-order valence-electron chi connectivity index (χ2n) is 3.78. The topological polar surface area (TPSA) is 41.9 Å². The van der Waals surface area contributed by atoms with Crippen LogP contribution < -0.4 is 0 Å². The summed E-state index contributed by atoms with van der Waals surface area (Å²) in [5.74, 6) is -0.478. The van der Waals surface area contributed by atoms with Gasteiger partial charge in [0.1, 0.15) is 0 Å². The number of hydrogen-bond acceptors (Lipinski definition) is 4. The zero-order valence-corrected chi connectivity index (χ0v) is 11.3. The van der Waals surface area contributed by atoms with E-state index in [4.69, 9.17) is 11.6 Å². The van der Waals surface area contributed by atoms with Gasteiger partial charge in [0.2, 0.25) is 0 Å². The van der Waals surface area contributed by atoms with Gasteiger partial charge in [-0.3, -0.25) is 0 Å². The molecule has 0 atom stereocenters. The van der Waals surface area contributed by atoms with Crippen molar-refractivity contribution in [3.8, 4) is 0 Å². The van der Waals surface area contributed by atoms with Gasteiger partial charge in [0.25, 0.3) is 0 Å². The smallest absolute Gasteiger partial charge is 0.358 e. The van der Waals surface area contributed by atoms with E-state index >= 15 is 0 Å². The van der Waals surface area contributed by atoms with Crippen LogP contribution in [0.4, 0.5) is 0 Å². The van der Waals surface area contributed by atoms with Crippen molar-refractivity contribution in [1.82, 2.24) is 4.90 Å². The third-order valence-corrected chi connectivity index (χ3v) is 2.25. The number of carbonyl (C=O) groups excluding carboxylic acids is 1. The van der Waals surface area contributed by atoms with E-state index in [1.807, 2.05) is 12.1 Å². The van der Waals surface area contributed by atoms with Crippen molar-refractivity contribution < 1.29 is 9.53 Å². The van der Waals surface area contributed by atoms with Gasteiger partial charge in [-0.1, -0.05) is 23.7 Å². The minimum Gasteiger partial charge on any atom is -0.464 e. The van der Waals surface area contributed by atoms with E-state index in [2.05, 4.69) is 9.73 Å². The van der Waals surface area contributed by atoms with Gasteiger partial charge in [-0.2, -0.15) is 0 Å². The average molecular weight is 267 g/mol. The molecule has 0 amide bonds. The fraction of sp³-hybridized carbons (Fsp3) is 0.231. The van der Waals surface area contributed by atoms with Gasteiger partial charge in [-0.05, 0) is 17.7 Å². The molecule has 5 heteroatoms. The molecule has 0 saturated carbocycles. The molecule has 0 aliphatic heterocycles. The Kier molecular flexibility index (Phi) is 5.39. The zero-order valence-electron chi connectivity index (χ0n) is 10.6. The quantitative estimate of drug-likeness (QED) is 0.477. The highest BCUT2D eigenvalue weighted by atomic mass is 35.5. The molecule has 18 heavy (non-hydrogen) atoms. The Bertz CT molecular complexity index is 464. The van der Waals surface area contributed by atoms with E-state index in [-0.39, 0.29) is 5.70 Å². The normalized spacial score (nSPS) is 11.7. The largest absolute Gasteiger partial charge is 0.464 e. The Labute approximate surface area is 112 Å². The Balaban J connectivity index is 2.90. The van der Waals surface area contributed by atoms with Crippen molar-refractivity contribution in [1.29, 1.82) is 0 Å². The molecule has 0 bridgehead atoms. The van der Waals surface area contributed by atoms with E-state index in [1.54, 1.807) is 43.5 Å². The number of nitrogens with zero attached hydrogens (tertiary/aromatic N) is 2. The minimum atomic E-state index is -0.478. The van der Waals surface area contributed by atoms with Crippen molar-refractivity contribution in [3.63, 3.8) is 0 Å². The number of carbonyl (C=O) groups is 1. The lowest BCUT2D eigenvalue weighted by Gasteiger charge is -2.06. The van der Waals surface area contributed by atoms with Crippen LogP contribution in [0, 0.1) is 0 Å². The van der Waals surface area contributed by atoms with Crippen molar-refractivity contribution >= 4 is 23.8 Å². The first-order valence-electron chi connectivity index (χ1n) is 5.29. The lowest BCUT2D eigenvalue weighted by molar-refractivity contribution is -0.136. The summed E-state index contributed by atoms with van der Waals surface area (Å²) in [6, 6.07) is 7.15. The second-order valence-corrected chi connectivity index (χ2v) is 4.22. The standard InChI is InChI=1S/C13H15ClN2O2/c1-16(2)9-12(13(17)18-3)15-8-10-4-6-11(14)7-5-10/h4-9H,1-3H3. The first-order chi connectivity index (χ1) is 8.52. The summed E-state index contributed by atoms with van der Waals surface area (Å²) in [4.78, 5) is 17.3. The molecular formula is C13H15ClN2O2. The molecular weight excluding hydrogens is 252 g/mol. The van der Waals surface area contributed by atoms with Crippen LogP contribution in [0.5, 0.6) is 0 Å². The maximum Gasteiger partial charge on any atom is 0.358 e. The van der Waals surface area contributed by atoms with Gasteiger partial charge in [0, 0.05) is 31.5 Å². The van der Waals surface area contributed by atoms with Gasteiger partial charge < -0.3 is 9.64 Å². The number of ether oxygens (including phenoxy) is 1. The number of methoxy groups -OCH3 is 1. The van der Waals surface area contributed by atoms with Crippen molar-refractivity contribution in [2.45, 2.75) is 0 Å². The summed E-state index contributed by atoms with van der Waals surface area (Å²) in [6.45, 7) is 0. The first kappa shape index (κ1) is 14.3. The highest BCUT2D eigenvalue weighted by Gasteiger charge is 2.07. The Morgan fingerprint density at radius 3 is 2.44 bits per heavy atom. The molecule has 0 aliphatic rings. The maximum atomic E-state index is 11.5. The molecule has 0 spiro atoms. The average Bonchev–Trinajstić information content (AvgIpc) is 2.35. The van der Waals surface area contributed by atoms with Gasteiger partial charge in [0.15, 0.2) is 5.70 Å². The number of benzene rings is 1. The third kappa shape index (κ3) is 4.59. The van der Waals surface area contributed by atoms with Gasteiger partial charge >= 0.3 is 5.97 Å². The van der Waals surface area contributed by atoms with E-state index in [0.717, 1.165) is 5.56 Å². The molecule has 0 aromatic heterocycles. The van der Waals surface area contributed by atoms with Gasteiger partial charge in [0.05, 0.1) is 7.11 Å². The number of rotatable bonds is 4. The van der Waals surface area contributed by atoms with E-state index in [1.165, 1.54) is 7.11 Å². The predicted molar refractivity (Wildman–Crippen MR) is 72.8 cm³/mol. The Morgan fingerprint density at radius 2 is 1.94 bits per heavy atom. The Hall–Kier alpha value is -1.81. The van der Waals surface area contributed by atoms with E-state index in [0.29, 0.717) is 5.02 Å². The molecule has 0 heterocycles. The SMILES string of the molecule is COC(=O)C(=CN(C)C)N=Cc1ccc(Cl)cc1. The monoisotopic (exact) mass is 266 g/mol. The fourth-order valence-corrected chi connectivity index (χ4v) is 1.31. The highest BCUT2D eigenvalue weighted by molar-refractivity contribution is 6.30. The van der Waals surface area contributed by atoms with Crippen LogP contribution in [0.25, 0.3) is 0 Å². The molecule has 0 saturated heterocycles. The van der Waals surface area contributed by atoms with Gasteiger partial charge in [-0.15, -0.1) is 0 Å². The fourth-order valence-electron chi connectivity index (χ4n) is 1.18. The number of esters is 1. The molecule has 1 aromatic rings. The first-order valence-corrected chi connectivity index (χ1v) is 5.67. The van der Waals surface area contributed by atoms with Crippen molar-refractivity contribution in [2.24, 2.45) is 4.99 Å². The van der Waals surface area contributed by atoms with Crippen LogP contribution >= 0.6 is 11.6 Å². The van der Waals surface area contributed by atoms with Crippen LogP contribution in [0.15, 0.2) is 41.2 Å². The number of hydrogen-bond donors (Lipinski definition) is 0. The summed E-state index contributed by atoms with van der Waals surface area (Å²) in [6.07, 6.45) is 3.18. The second kappa shape index (κ2) is 6.81. The molecule has 0 fully saturated rings. The molecule has 1 aromatic carbocycles. The predicted octanol–water partition coefficient (Wildman–Crippen LogP) is 2.33. The minimum absolute atomic E-state index is 0.234. The summed E-state index contributed by atoms with van der Waals surface area (Å²) in [5.41, 5.74) is 1.09. The summed E-state index contributed by atoms with van der Waals surface area (Å²) in [7, 11) is 4.94. The molecule has 0 N–H and O–H groups in total. The van der Waals surface area contributed by atoms with Crippen LogP contribution in [0.3, 0.4) is 0 Å². The molecule has 4 nitrogen and oxygen atoms in total. The third-order valence-electron chi connectivity index (χ3n) is 2.00. The molecule has 0 unspecified atom stereocenters. The maximum absolute atomic E-state index is 11.5. The molecule has 0 radical (unpaired) electrons. The highest BCUT2D eigenvalue weighted by Crippen LogP contribution is 2.09. The molecule has 96 valence electrons. The summed E-state index contributed by atoms with van der Waals surface area (Å²) in [5, 5.41) is 0.657. The van der Waals surface area contributed by atoms with E-state index < -0.39 is 5.97 Å². The van der Waals surface area contributed by atoms with E-state index in [9.17, 15) is 4.79 Å². The summed E-state index contributed by atoms with van der Waals surface area (Å²) < 4.78 is 4.65. The number of halogens is 1. The van der Waals surface area contributed by atoms with Crippen LogP contribution in [0.2, 0.25) is 5.02 Å². The van der Waals surface area contributed by atoms with Crippen molar-refractivity contribution in [2.75, 3.05) is 21.2 Å². The van der Waals surface area contributed by atoms with Gasteiger partial charge in [-0.25, -0.2) is 9.79 Å². The van der Waals surface area contributed by atoms with Crippen LogP contribution in [0.1, 0.15) is 5.56 Å². The lowest BCUT2D eigenvalue weighted by Crippen LogP contribution is -2.09. The number of aliphatic imine (C=N–C) groups is 1. The molecule has 1 rings (SSSR count).